The normalized spacial score (nSPS) is 12.0. The summed E-state index contributed by atoms with van der Waals surface area (Å²) in [7, 11) is 3.47. The molecule has 0 saturated heterocycles. The van der Waals surface area contributed by atoms with Crippen molar-refractivity contribution in [2.24, 2.45) is 7.05 Å². The van der Waals surface area contributed by atoms with Crippen LogP contribution < -0.4 is 10.1 Å². The molecule has 3 rings (SSSR count). The zero-order chi connectivity index (χ0) is 18.0. The second-order valence-corrected chi connectivity index (χ2v) is 5.97. The van der Waals surface area contributed by atoms with Gasteiger partial charge in [0.05, 0.1) is 17.1 Å². The number of aryl methyl sites for hydroxylation is 2. The Balaban J connectivity index is 1.97. The Morgan fingerprint density at radius 2 is 2.00 bits per heavy atom. The number of carbonyl (C=O) groups is 1. The highest BCUT2D eigenvalue weighted by Crippen LogP contribution is 2.31. The fraction of sp³-hybridized carbons (Fsp3) is 0.263. The van der Waals surface area contributed by atoms with Gasteiger partial charge in [-0.3, -0.25) is 9.48 Å². The maximum absolute atomic E-state index is 12.2. The van der Waals surface area contributed by atoms with Crippen LogP contribution in [-0.2, 0) is 7.05 Å². The van der Waals surface area contributed by atoms with E-state index >= 15 is 0 Å². The van der Waals surface area contributed by atoms with Crippen LogP contribution in [0.5, 0.6) is 5.75 Å². The molecule has 2 heterocycles. The Kier molecular flexibility index (Phi) is 4.61. The second-order valence-electron chi connectivity index (χ2n) is 5.97. The summed E-state index contributed by atoms with van der Waals surface area (Å²) in [5.74, 6) is 0.296. The summed E-state index contributed by atoms with van der Waals surface area (Å²) in [5, 5.41) is 7.00. The number of aromatic nitrogens is 3. The van der Waals surface area contributed by atoms with Gasteiger partial charge in [-0.05, 0) is 25.5 Å². The van der Waals surface area contributed by atoms with E-state index in [9.17, 15) is 4.79 Å². The number of nitrogens with zero attached hydrogens (tertiary/aromatic N) is 2. The summed E-state index contributed by atoms with van der Waals surface area (Å²) in [5.41, 5.74) is 4.04. The van der Waals surface area contributed by atoms with Gasteiger partial charge in [0.2, 0.25) is 0 Å². The lowest BCUT2D eigenvalue weighted by molar-refractivity contribution is 0.0952. The molecule has 3 aromatic rings. The van der Waals surface area contributed by atoms with Crippen LogP contribution in [-0.4, -0.2) is 27.7 Å². The molecule has 0 fully saturated rings. The summed E-state index contributed by atoms with van der Waals surface area (Å²) in [6.07, 6.45) is -0.179. The first-order chi connectivity index (χ1) is 12.0. The molecule has 6 heteroatoms. The van der Waals surface area contributed by atoms with Crippen LogP contribution in [0.3, 0.4) is 0 Å². The van der Waals surface area contributed by atoms with Gasteiger partial charge in [0.1, 0.15) is 11.8 Å². The smallest absolute Gasteiger partial charge is 0.271 e. The van der Waals surface area contributed by atoms with E-state index in [-0.39, 0.29) is 12.0 Å². The Hall–Kier alpha value is -3.02. The van der Waals surface area contributed by atoms with Gasteiger partial charge in [0.15, 0.2) is 5.75 Å². The molecule has 0 aliphatic heterocycles. The Labute approximate surface area is 146 Å². The average Bonchev–Trinajstić information content (AvgIpc) is 3.17. The van der Waals surface area contributed by atoms with Crippen molar-refractivity contribution in [3.8, 4) is 17.1 Å². The standard InChI is InChI=1S/C19H22N4O2/c1-12-10-16(23(4)22-12)15-11-17(18(21-15)19(24)20-3)25-13(2)14-8-6-5-7-9-14/h5-11,13,21H,1-4H3,(H,20,24)/t13-/m0/s1. The average molecular weight is 338 g/mol. The van der Waals surface area contributed by atoms with Gasteiger partial charge in [0.25, 0.3) is 5.91 Å². The van der Waals surface area contributed by atoms with E-state index in [1.54, 1.807) is 11.7 Å². The van der Waals surface area contributed by atoms with Gasteiger partial charge in [-0.2, -0.15) is 5.10 Å². The quantitative estimate of drug-likeness (QED) is 0.750. The molecule has 25 heavy (non-hydrogen) atoms. The minimum absolute atomic E-state index is 0.179. The van der Waals surface area contributed by atoms with Crippen molar-refractivity contribution in [2.75, 3.05) is 7.05 Å². The number of rotatable bonds is 5. The molecular formula is C19H22N4O2. The molecule has 0 bridgehead atoms. The lowest BCUT2D eigenvalue weighted by Gasteiger charge is -2.14. The zero-order valence-corrected chi connectivity index (χ0v) is 14.8. The van der Waals surface area contributed by atoms with Crippen LogP contribution in [0, 0.1) is 6.92 Å². The first-order valence-electron chi connectivity index (χ1n) is 8.17. The highest BCUT2D eigenvalue weighted by Gasteiger charge is 2.20. The Bertz CT molecular complexity index is 880. The number of carbonyl (C=O) groups excluding carboxylic acids is 1. The first-order valence-corrected chi connectivity index (χ1v) is 8.17. The van der Waals surface area contributed by atoms with E-state index in [0.717, 1.165) is 22.6 Å². The fourth-order valence-corrected chi connectivity index (χ4v) is 2.81. The van der Waals surface area contributed by atoms with E-state index in [2.05, 4.69) is 15.4 Å². The van der Waals surface area contributed by atoms with Crippen LogP contribution in [0.15, 0.2) is 42.5 Å². The molecule has 130 valence electrons. The van der Waals surface area contributed by atoms with E-state index in [4.69, 9.17) is 4.74 Å². The molecule has 0 saturated carbocycles. The molecule has 0 aliphatic carbocycles. The Morgan fingerprint density at radius 3 is 2.60 bits per heavy atom. The minimum Gasteiger partial charge on any atom is -0.484 e. The van der Waals surface area contributed by atoms with Gasteiger partial charge in [0, 0.05) is 20.2 Å². The molecule has 0 unspecified atom stereocenters. The monoisotopic (exact) mass is 338 g/mol. The molecule has 1 atom stereocenters. The van der Waals surface area contributed by atoms with E-state index < -0.39 is 0 Å². The molecule has 6 nitrogen and oxygen atoms in total. The van der Waals surface area contributed by atoms with Gasteiger partial charge in [-0.1, -0.05) is 30.3 Å². The Morgan fingerprint density at radius 1 is 1.28 bits per heavy atom. The second kappa shape index (κ2) is 6.84. The summed E-state index contributed by atoms with van der Waals surface area (Å²) in [4.78, 5) is 15.4. The number of aromatic amines is 1. The van der Waals surface area contributed by atoms with Crippen molar-refractivity contribution in [3.63, 3.8) is 0 Å². The summed E-state index contributed by atoms with van der Waals surface area (Å²) >= 11 is 0. The van der Waals surface area contributed by atoms with Crippen molar-refractivity contribution >= 4 is 5.91 Å². The predicted octanol–water partition coefficient (Wildman–Crippen LogP) is 3.22. The van der Waals surface area contributed by atoms with Crippen molar-refractivity contribution in [1.29, 1.82) is 0 Å². The molecule has 0 radical (unpaired) electrons. The lowest BCUT2D eigenvalue weighted by Crippen LogP contribution is -2.19. The van der Waals surface area contributed by atoms with E-state index in [0.29, 0.717) is 11.4 Å². The van der Waals surface area contributed by atoms with Crippen LogP contribution in [0.25, 0.3) is 11.4 Å². The van der Waals surface area contributed by atoms with E-state index in [1.807, 2.05) is 63.4 Å². The highest BCUT2D eigenvalue weighted by atomic mass is 16.5. The number of hydrogen-bond acceptors (Lipinski definition) is 3. The fourth-order valence-electron chi connectivity index (χ4n) is 2.81. The molecule has 0 aliphatic rings. The van der Waals surface area contributed by atoms with Crippen molar-refractivity contribution in [3.05, 3.63) is 59.4 Å². The molecule has 2 N–H and O–H groups in total. The number of hydrogen-bond donors (Lipinski definition) is 2. The third kappa shape index (κ3) is 3.42. The minimum atomic E-state index is -0.222. The topological polar surface area (TPSA) is 71.9 Å². The number of ether oxygens (including phenoxy) is 1. The van der Waals surface area contributed by atoms with Gasteiger partial charge in [-0.15, -0.1) is 0 Å². The number of amides is 1. The summed E-state index contributed by atoms with van der Waals surface area (Å²) < 4.78 is 7.86. The van der Waals surface area contributed by atoms with Gasteiger partial charge in [-0.25, -0.2) is 0 Å². The largest absolute Gasteiger partial charge is 0.484 e. The van der Waals surface area contributed by atoms with Crippen molar-refractivity contribution in [1.82, 2.24) is 20.1 Å². The third-order valence-electron chi connectivity index (χ3n) is 4.09. The molecule has 0 spiro atoms. The SMILES string of the molecule is CNC(=O)c1[nH]c(-c2cc(C)nn2C)cc1O[C@@H](C)c1ccccc1. The maximum atomic E-state index is 12.2. The summed E-state index contributed by atoms with van der Waals surface area (Å²) in [6, 6.07) is 13.7. The number of nitrogens with one attached hydrogen (secondary N) is 2. The van der Waals surface area contributed by atoms with E-state index in [1.165, 1.54) is 0 Å². The first kappa shape index (κ1) is 16.8. The molecule has 1 amide bonds. The lowest BCUT2D eigenvalue weighted by atomic mass is 10.1. The highest BCUT2D eigenvalue weighted by molar-refractivity contribution is 5.96. The number of benzene rings is 1. The molecule has 2 aromatic heterocycles. The van der Waals surface area contributed by atoms with Crippen LogP contribution in [0.4, 0.5) is 0 Å². The summed E-state index contributed by atoms with van der Waals surface area (Å²) in [6.45, 7) is 3.89. The molecule has 1 aromatic carbocycles. The number of H-pyrrole nitrogens is 1. The zero-order valence-electron chi connectivity index (χ0n) is 14.8. The predicted molar refractivity (Wildman–Crippen MR) is 96.6 cm³/mol. The maximum Gasteiger partial charge on any atom is 0.271 e. The van der Waals surface area contributed by atoms with Crippen LogP contribution in [0.2, 0.25) is 0 Å². The van der Waals surface area contributed by atoms with Crippen LogP contribution in [0.1, 0.15) is 34.8 Å². The third-order valence-corrected chi connectivity index (χ3v) is 4.09. The van der Waals surface area contributed by atoms with Gasteiger partial charge >= 0.3 is 0 Å². The van der Waals surface area contributed by atoms with Crippen LogP contribution >= 0.6 is 0 Å². The van der Waals surface area contributed by atoms with Crippen molar-refractivity contribution in [2.45, 2.75) is 20.0 Å². The molecular weight excluding hydrogens is 316 g/mol. The van der Waals surface area contributed by atoms with Gasteiger partial charge < -0.3 is 15.0 Å². The van der Waals surface area contributed by atoms with Crippen molar-refractivity contribution < 1.29 is 9.53 Å².